The molecule has 0 radical (unpaired) electrons. The van der Waals surface area contributed by atoms with Gasteiger partial charge in [-0.2, -0.15) is 0 Å². The summed E-state index contributed by atoms with van der Waals surface area (Å²) in [6.07, 6.45) is 0. The highest BCUT2D eigenvalue weighted by Crippen LogP contribution is 2.42. The van der Waals surface area contributed by atoms with E-state index in [1.807, 2.05) is 25.1 Å². The van der Waals surface area contributed by atoms with Gasteiger partial charge in [-0.25, -0.2) is 4.39 Å². The van der Waals surface area contributed by atoms with Gasteiger partial charge in [-0.1, -0.05) is 28.1 Å². The van der Waals surface area contributed by atoms with Crippen LogP contribution in [0, 0.1) is 12.7 Å². The highest BCUT2D eigenvalue weighted by atomic mass is 79.9. The Hall–Kier alpha value is -1.07. The summed E-state index contributed by atoms with van der Waals surface area (Å²) in [7, 11) is 3.18. The standard InChI is InChI=1S/C16H15Br2FO2/c1-9-4-5-10(13(19)6-9)16(18)11-7-15(21-3)12(17)8-14(11)20-2/h4-8,16H,1-3H3. The van der Waals surface area contributed by atoms with Gasteiger partial charge in [0, 0.05) is 11.1 Å². The Morgan fingerprint density at radius 1 is 1.00 bits per heavy atom. The van der Waals surface area contributed by atoms with E-state index in [0.29, 0.717) is 17.1 Å². The number of hydrogen-bond acceptors (Lipinski definition) is 2. The minimum Gasteiger partial charge on any atom is -0.496 e. The normalized spacial score (nSPS) is 12.1. The fourth-order valence-electron chi connectivity index (χ4n) is 2.09. The predicted octanol–water partition coefficient (Wildman–Crippen LogP) is 5.40. The van der Waals surface area contributed by atoms with Crippen LogP contribution < -0.4 is 9.47 Å². The van der Waals surface area contributed by atoms with Gasteiger partial charge in [-0.3, -0.25) is 0 Å². The average molecular weight is 418 g/mol. The molecule has 0 amide bonds. The molecule has 1 atom stereocenters. The predicted molar refractivity (Wildman–Crippen MR) is 89.2 cm³/mol. The summed E-state index contributed by atoms with van der Waals surface area (Å²) >= 11 is 6.98. The minimum absolute atomic E-state index is 0.249. The second kappa shape index (κ2) is 6.79. The molecule has 0 fully saturated rings. The molecule has 0 bridgehead atoms. The molecule has 112 valence electrons. The first-order chi connectivity index (χ1) is 9.97. The van der Waals surface area contributed by atoms with Crippen LogP contribution >= 0.6 is 31.9 Å². The first-order valence-electron chi connectivity index (χ1n) is 6.29. The monoisotopic (exact) mass is 416 g/mol. The molecule has 0 aromatic heterocycles. The van der Waals surface area contributed by atoms with Crippen molar-refractivity contribution in [3.8, 4) is 11.5 Å². The van der Waals surface area contributed by atoms with E-state index in [0.717, 1.165) is 15.6 Å². The van der Waals surface area contributed by atoms with Gasteiger partial charge in [0.15, 0.2) is 0 Å². The number of ether oxygens (including phenoxy) is 2. The van der Waals surface area contributed by atoms with E-state index >= 15 is 0 Å². The Bertz CT molecular complexity index is 659. The zero-order valence-corrected chi connectivity index (χ0v) is 15.1. The Morgan fingerprint density at radius 3 is 2.24 bits per heavy atom. The molecule has 0 heterocycles. The van der Waals surface area contributed by atoms with E-state index in [1.54, 1.807) is 20.3 Å². The van der Waals surface area contributed by atoms with Gasteiger partial charge in [0.25, 0.3) is 0 Å². The summed E-state index contributed by atoms with van der Waals surface area (Å²) in [5, 5.41) is 0. The van der Waals surface area contributed by atoms with Gasteiger partial charge < -0.3 is 9.47 Å². The lowest BCUT2D eigenvalue weighted by Gasteiger charge is -2.17. The van der Waals surface area contributed by atoms with Crippen LogP contribution in [0.4, 0.5) is 4.39 Å². The fourth-order valence-corrected chi connectivity index (χ4v) is 3.30. The molecule has 0 saturated carbocycles. The maximum absolute atomic E-state index is 14.2. The molecular weight excluding hydrogens is 403 g/mol. The Labute approximate surface area is 140 Å². The van der Waals surface area contributed by atoms with Crippen molar-refractivity contribution in [2.24, 2.45) is 0 Å². The summed E-state index contributed by atoms with van der Waals surface area (Å²) in [6.45, 7) is 1.86. The van der Waals surface area contributed by atoms with Crippen molar-refractivity contribution in [3.05, 3.63) is 57.3 Å². The zero-order valence-electron chi connectivity index (χ0n) is 11.9. The second-order valence-corrected chi connectivity index (χ2v) is 6.39. The van der Waals surface area contributed by atoms with Gasteiger partial charge in [0.1, 0.15) is 17.3 Å². The number of methoxy groups -OCH3 is 2. The molecule has 2 aromatic rings. The van der Waals surface area contributed by atoms with Crippen molar-refractivity contribution in [1.82, 2.24) is 0 Å². The summed E-state index contributed by atoms with van der Waals surface area (Å²) in [4.78, 5) is -0.324. The number of hydrogen-bond donors (Lipinski definition) is 0. The Balaban J connectivity index is 2.53. The lowest BCUT2D eigenvalue weighted by molar-refractivity contribution is 0.397. The Kier molecular flexibility index (Phi) is 5.27. The fraction of sp³-hybridized carbons (Fsp3) is 0.250. The van der Waals surface area contributed by atoms with Gasteiger partial charge in [0.2, 0.25) is 0 Å². The van der Waals surface area contributed by atoms with Crippen molar-refractivity contribution in [2.45, 2.75) is 11.8 Å². The van der Waals surface area contributed by atoms with Crippen LogP contribution in [0.1, 0.15) is 21.5 Å². The molecule has 2 nitrogen and oxygen atoms in total. The summed E-state index contributed by atoms with van der Waals surface area (Å²) in [5.74, 6) is 1.08. The molecule has 0 N–H and O–H groups in total. The molecule has 0 aliphatic carbocycles. The average Bonchev–Trinajstić information content (AvgIpc) is 2.46. The van der Waals surface area contributed by atoms with Crippen molar-refractivity contribution < 1.29 is 13.9 Å². The van der Waals surface area contributed by atoms with Crippen molar-refractivity contribution >= 4 is 31.9 Å². The molecule has 0 saturated heterocycles. The first-order valence-corrected chi connectivity index (χ1v) is 8.00. The van der Waals surface area contributed by atoms with Crippen LogP contribution in [0.2, 0.25) is 0 Å². The molecule has 21 heavy (non-hydrogen) atoms. The van der Waals surface area contributed by atoms with E-state index in [-0.39, 0.29) is 10.6 Å². The number of halogens is 3. The maximum Gasteiger partial charge on any atom is 0.133 e. The highest BCUT2D eigenvalue weighted by Gasteiger charge is 2.21. The smallest absolute Gasteiger partial charge is 0.133 e. The highest BCUT2D eigenvalue weighted by molar-refractivity contribution is 9.10. The molecule has 5 heteroatoms. The molecule has 1 unspecified atom stereocenters. The van der Waals surface area contributed by atoms with E-state index in [2.05, 4.69) is 31.9 Å². The van der Waals surface area contributed by atoms with Crippen LogP contribution in [0.5, 0.6) is 11.5 Å². The van der Waals surface area contributed by atoms with Crippen LogP contribution in [0.15, 0.2) is 34.8 Å². The number of alkyl halides is 1. The van der Waals surface area contributed by atoms with Gasteiger partial charge in [-0.05, 0) is 46.6 Å². The third-order valence-electron chi connectivity index (χ3n) is 3.21. The van der Waals surface area contributed by atoms with Gasteiger partial charge >= 0.3 is 0 Å². The minimum atomic E-state index is -0.324. The van der Waals surface area contributed by atoms with Crippen LogP contribution in [0.25, 0.3) is 0 Å². The van der Waals surface area contributed by atoms with Gasteiger partial charge in [-0.15, -0.1) is 0 Å². The van der Waals surface area contributed by atoms with Crippen molar-refractivity contribution in [2.75, 3.05) is 14.2 Å². The number of rotatable bonds is 4. The quantitative estimate of drug-likeness (QED) is 0.620. The molecular formula is C16H15Br2FO2. The zero-order chi connectivity index (χ0) is 15.6. The topological polar surface area (TPSA) is 18.5 Å². The van der Waals surface area contributed by atoms with E-state index in [4.69, 9.17) is 9.47 Å². The lowest BCUT2D eigenvalue weighted by Crippen LogP contribution is -2.01. The van der Waals surface area contributed by atoms with E-state index in [1.165, 1.54) is 6.07 Å². The molecule has 0 aliphatic rings. The lowest BCUT2D eigenvalue weighted by atomic mass is 10.0. The third kappa shape index (κ3) is 3.40. The van der Waals surface area contributed by atoms with Crippen LogP contribution in [-0.2, 0) is 0 Å². The molecule has 2 aromatic carbocycles. The van der Waals surface area contributed by atoms with Crippen molar-refractivity contribution in [3.63, 3.8) is 0 Å². The summed E-state index contributed by atoms with van der Waals surface area (Å²) < 4.78 is 25.7. The number of benzene rings is 2. The summed E-state index contributed by atoms with van der Waals surface area (Å²) in [5.41, 5.74) is 2.25. The second-order valence-electron chi connectivity index (χ2n) is 4.62. The SMILES string of the molecule is COc1cc(C(Br)c2ccc(C)cc2F)c(OC)cc1Br. The van der Waals surface area contributed by atoms with Crippen LogP contribution in [0.3, 0.4) is 0 Å². The molecule has 2 rings (SSSR count). The van der Waals surface area contributed by atoms with E-state index in [9.17, 15) is 4.39 Å². The van der Waals surface area contributed by atoms with Gasteiger partial charge in [0.05, 0.1) is 23.5 Å². The third-order valence-corrected chi connectivity index (χ3v) is 4.81. The molecule has 0 aliphatic heterocycles. The van der Waals surface area contributed by atoms with E-state index < -0.39 is 0 Å². The van der Waals surface area contributed by atoms with Crippen LogP contribution in [-0.4, -0.2) is 14.2 Å². The Morgan fingerprint density at radius 2 is 1.67 bits per heavy atom. The first kappa shape index (κ1) is 16.3. The summed E-state index contributed by atoms with van der Waals surface area (Å²) in [6, 6.07) is 8.83. The largest absolute Gasteiger partial charge is 0.496 e. The molecule has 0 spiro atoms. The number of aryl methyl sites for hydroxylation is 1. The maximum atomic E-state index is 14.2. The van der Waals surface area contributed by atoms with Crippen molar-refractivity contribution in [1.29, 1.82) is 0 Å².